The first-order valence-corrected chi connectivity index (χ1v) is 8.45. The van der Waals surface area contributed by atoms with Gasteiger partial charge >= 0.3 is 0 Å². The van der Waals surface area contributed by atoms with Crippen LogP contribution in [0.25, 0.3) is 28.2 Å². The summed E-state index contributed by atoms with van der Waals surface area (Å²) in [6, 6.07) is 13.2. The first-order valence-electron chi connectivity index (χ1n) is 8.45. The van der Waals surface area contributed by atoms with Gasteiger partial charge in [0.25, 0.3) is 5.88 Å². The number of ether oxygens (including phenoxy) is 1. The van der Waals surface area contributed by atoms with Crippen molar-refractivity contribution in [2.75, 3.05) is 7.11 Å². The lowest BCUT2D eigenvalue weighted by Gasteiger charge is -2.14. The molecule has 134 valence electrons. The highest BCUT2D eigenvalue weighted by Gasteiger charge is 2.19. The number of imidazole rings is 1. The van der Waals surface area contributed by atoms with Crippen molar-refractivity contribution in [2.45, 2.75) is 6.92 Å². The van der Waals surface area contributed by atoms with Gasteiger partial charge in [-0.25, -0.2) is 9.97 Å². The summed E-state index contributed by atoms with van der Waals surface area (Å²) >= 11 is 0. The van der Waals surface area contributed by atoms with Crippen LogP contribution in [-0.2, 0) is 0 Å². The van der Waals surface area contributed by atoms with Crippen molar-refractivity contribution in [3.8, 4) is 40.5 Å². The van der Waals surface area contributed by atoms with Crippen molar-refractivity contribution in [1.82, 2.24) is 19.4 Å². The smallest absolute Gasteiger partial charge is 0.258 e. The van der Waals surface area contributed by atoms with E-state index < -0.39 is 0 Å². The summed E-state index contributed by atoms with van der Waals surface area (Å²) in [7, 11) is 1.54. The number of benzene rings is 1. The van der Waals surface area contributed by atoms with E-state index in [0.29, 0.717) is 34.0 Å². The second-order valence-corrected chi connectivity index (χ2v) is 6.10. The number of hydrogen-bond donors (Lipinski definition) is 0. The lowest BCUT2D eigenvalue weighted by Crippen LogP contribution is -2.03. The van der Waals surface area contributed by atoms with Crippen LogP contribution in [0.2, 0.25) is 0 Å². The number of hydrogen-bond acceptors (Lipinski definition) is 6. The molecule has 1 aromatic carbocycles. The molecule has 0 aliphatic carbocycles. The lowest BCUT2D eigenvalue weighted by molar-refractivity contribution is 0.401. The number of nitriles is 2. The molecule has 7 heteroatoms. The predicted octanol–water partition coefficient (Wildman–Crippen LogP) is 3.52. The Morgan fingerprint density at radius 3 is 2.50 bits per heavy atom. The molecular formula is C21H14N6O. The van der Waals surface area contributed by atoms with Crippen LogP contribution in [0.3, 0.4) is 0 Å². The number of aryl methyl sites for hydroxylation is 1. The standard InChI is InChI=1S/C21H14N6O/c1-13-16(11-23)9-17(12-25-13)19-18(15-5-3-14(10-22)4-6-15)26-21(28-2)20-24-7-8-27(19)20/h3-9,12H,1-2H3. The summed E-state index contributed by atoms with van der Waals surface area (Å²) in [4.78, 5) is 13.4. The Morgan fingerprint density at radius 2 is 1.82 bits per heavy atom. The Bertz CT molecular complexity index is 1280. The molecule has 0 spiro atoms. The maximum Gasteiger partial charge on any atom is 0.258 e. The largest absolute Gasteiger partial charge is 0.478 e. The number of pyridine rings is 1. The van der Waals surface area contributed by atoms with E-state index in [9.17, 15) is 5.26 Å². The molecule has 4 aromatic rings. The van der Waals surface area contributed by atoms with E-state index in [-0.39, 0.29) is 0 Å². The van der Waals surface area contributed by atoms with Gasteiger partial charge < -0.3 is 4.74 Å². The van der Waals surface area contributed by atoms with Crippen LogP contribution in [0.1, 0.15) is 16.8 Å². The quantitative estimate of drug-likeness (QED) is 0.550. The number of fused-ring (bicyclic) bond motifs is 1. The summed E-state index contributed by atoms with van der Waals surface area (Å²) in [5.74, 6) is 0.383. The highest BCUT2D eigenvalue weighted by molar-refractivity contribution is 5.81. The van der Waals surface area contributed by atoms with E-state index in [1.54, 1.807) is 44.6 Å². The Balaban J connectivity index is 2.07. The van der Waals surface area contributed by atoms with Gasteiger partial charge in [0.15, 0.2) is 0 Å². The average Bonchev–Trinajstić information content (AvgIpc) is 3.23. The molecule has 0 aliphatic heterocycles. The van der Waals surface area contributed by atoms with Crippen molar-refractivity contribution < 1.29 is 4.74 Å². The highest BCUT2D eigenvalue weighted by Crippen LogP contribution is 2.34. The van der Waals surface area contributed by atoms with E-state index in [1.165, 1.54) is 0 Å². The molecule has 0 unspecified atom stereocenters. The Kier molecular flexibility index (Phi) is 4.19. The van der Waals surface area contributed by atoms with E-state index in [1.807, 2.05) is 22.7 Å². The number of nitrogens with zero attached hydrogens (tertiary/aromatic N) is 6. The van der Waals surface area contributed by atoms with E-state index in [4.69, 9.17) is 10.00 Å². The molecule has 3 heterocycles. The summed E-state index contributed by atoms with van der Waals surface area (Å²) in [6.07, 6.45) is 5.19. The molecule has 0 atom stereocenters. The molecule has 0 N–H and O–H groups in total. The Labute approximate surface area is 161 Å². The SMILES string of the molecule is COc1nc(-c2ccc(C#N)cc2)c(-c2cnc(C)c(C#N)c2)n2ccnc12. The summed E-state index contributed by atoms with van der Waals surface area (Å²) in [5.41, 5.74) is 5.20. The number of rotatable bonds is 3. The molecule has 3 aromatic heterocycles. The van der Waals surface area contributed by atoms with Gasteiger partial charge in [0.1, 0.15) is 6.07 Å². The maximum absolute atomic E-state index is 9.41. The van der Waals surface area contributed by atoms with Crippen molar-refractivity contribution in [3.05, 3.63) is 65.7 Å². The van der Waals surface area contributed by atoms with E-state index >= 15 is 0 Å². The molecule has 0 amide bonds. The van der Waals surface area contributed by atoms with Gasteiger partial charge in [0, 0.05) is 29.7 Å². The van der Waals surface area contributed by atoms with Crippen molar-refractivity contribution in [2.24, 2.45) is 0 Å². The van der Waals surface area contributed by atoms with Crippen LogP contribution >= 0.6 is 0 Å². The lowest BCUT2D eigenvalue weighted by atomic mass is 10.0. The first kappa shape index (κ1) is 17.2. The molecule has 0 saturated heterocycles. The molecular weight excluding hydrogens is 352 g/mol. The predicted molar refractivity (Wildman–Crippen MR) is 102 cm³/mol. The third kappa shape index (κ3) is 2.72. The van der Waals surface area contributed by atoms with Crippen molar-refractivity contribution >= 4 is 5.65 Å². The van der Waals surface area contributed by atoms with Crippen LogP contribution in [0.5, 0.6) is 5.88 Å². The van der Waals surface area contributed by atoms with Crippen molar-refractivity contribution in [1.29, 1.82) is 10.5 Å². The van der Waals surface area contributed by atoms with Crippen LogP contribution < -0.4 is 4.74 Å². The zero-order valence-electron chi connectivity index (χ0n) is 15.2. The summed E-state index contributed by atoms with van der Waals surface area (Å²) < 4.78 is 7.30. The molecule has 0 saturated carbocycles. The second-order valence-electron chi connectivity index (χ2n) is 6.10. The summed E-state index contributed by atoms with van der Waals surface area (Å²) in [5, 5.41) is 18.5. The maximum atomic E-state index is 9.41. The van der Waals surface area contributed by atoms with Gasteiger partial charge in [-0.1, -0.05) is 12.1 Å². The van der Waals surface area contributed by atoms with Gasteiger partial charge in [0.05, 0.1) is 41.4 Å². The molecule has 0 radical (unpaired) electrons. The molecule has 0 aliphatic rings. The second kappa shape index (κ2) is 6.82. The molecule has 7 nitrogen and oxygen atoms in total. The van der Waals surface area contributed by atoms with Crippen LogP contribution in [0.4, 0.5) is 0 Å². The normalized spacial score (nSPS) is 10.4. The zero-order chi connectivity index (χ0) is 19.7. The minimum atomic E-state index is 0.383. The van der Waals surface area contributed by atoms with Crippen LogP contribution in [0, 0.1) is 29.6 Å². The van der Waals surface area contributed by atoms with Crippen LogP contribution in [0.15, 0.2) is 48.9 Å². The molecule has 28 heavy (non-hydrogen) atoms. The fourth-order valence-electron chi connectivity index (χ4n) is 3.05. The van der Waals surface area contributed by atoms with Gasteiger partial charge in [-0.05, 0) is 25.1 Å². The third-order valence-corrected chi connectivity index (χ3v) is 4.47. The molecule has 0 bridgehead atoms. The Morgan fingerprint density at radius 1 is 1.04 bits per heavy atom. The van der Waals surface area contributed by atoms with Crippen LogP contribution in [-0.4, -0.2) is 26.5 Å². The van der Waals surface area contributed by atoms with Crippen molar-refractivity contribution in [3.63, 3.8) is 0 Å². The monoisotopic (exact) mass is 366 g/mol. The van der Waals surface area contributed by atoms with Gasteiger partial charge in [-0.3, -0.25) is 9.38 Å². The van der Waals surface area contributed by atoms with E-state index in [0.717, 1.165) is 16.8 Å². The zero-order valence-corrected chi connectivity index (χ0v) is 15.2. The average molecular weight is 366 g/mol. The minimum Gasteiger partial charge on any atom is -0.478 e. The molecule has 0 fully saturated rings. The third-order valence-electron chi connectivity index (χ3n) is 4.47. The van der Waals surface area contributed by atoms with E-state index in [2.05, 4.69) is 27.1 Å². The first-order chi connectivity index (χ1) is 13.7. The highest BCUT2D eigenvalue weighted by atomic mass is 16.5. The summed E-state index contributed by atoms with van der Waals surface area (Å²) in [6.45, 7) is 1.79. The number of aromatic nitrogens is 4. The minimum absolute atomic E-state index is 0.383. The fraction of sp³-hybridized carbons (Fsp3) is 0.0952. The van der Waals surface area contributed by atoms with Gasteiger partial charge in [0.2, 0.25) is 5.65 Å². The van der Waals surface area contributed by atoms with Gasteiger partial charge in [-0.2, -0.15) is 10.5 Å². The number of methoxy groups -OCH3 is 1. The Hall–Kier alpha value is -4.23. The molecule has 4 rings (SSSR count). The topological polar surface area (TPSA) is 99.9 Å². The van der Waals surface area contributed by atoms with Gasteiger partial charge in [-0.15, -0.1) is 0 Å². The fourth-order valence-corrected chi connectivity index (χ4v) is 3.05.